The van der Waals surface area contributed by atoms with Crippen LogP contribution in [0.2, 0.25) is 0 Å². The highest BCUT2D eigenvalue weighted by molar-refractivity contribution is 7.09. The average Bonchev–Trinajstić information content (AvgIpc) is 2.90. The van der Waals surface area contributed by atoms with Crippen LogP contribution in [-0.4, -0.2) is 28.1 Å². The molecule has 2 saturated carbocycles. The lowest BCUT2D eigenvalue weighted by atomic mass is 10.2. The molecule has 3 rings (SSSR count). The van der Waals surface area contributed by atoms with E-state index in [-0.39, 0.29) is 12.6 Å². The van der Waals surface area contributed by atoms with Gasteiger partial charge in [-0.05, 0) is 25.7 Å². The van der Waals surface area contributed by atoms with Crippen molar-refractivity contribution in [3.8, 4) is 0 Å². The van der Waals surface area contributed by atoms with Gasteiger partial charge in [-0.2, -0.15) is 17.5 Å². The summed E-state index contributed by atoms with van der Waals surface area (Å²) in [6.45, 7) is 0.00741. The highest BCUT2D eigenvalue weighted by Gasteiger charge is 2.33. The smallest absolute Gasteiger partial charge is 0.344 e. The molecule has 0 saturated heterocycles. The van der Waals surface area contributed by atoms with E-state index in [1.807, 2.05) is 4.90 Å². The first kappa shape index (κ1) is 14.1. The zero-order valence-corrected chi connectivity index (χ0v) is 12.0. The Bertz CT molecular complexity index is 450. The van der Waals surface area contributed by atoms with Gasteiger partial charge in [-0.1, -0.05) is 12.8 Å². The minimum Gasteiger partial charge on any atom is -0.344 e. The molecule has 2 fully saturated rings. The van der Waals surface area contributed by atoms with Crippen LogP contribution in [0.15, 0.2) is 0 Å². The SMILES string of the molecule is FC(F)(F)CCN(c1nc(C2CC2)ns1)C1CCCC1. The monoisotopic (exact) mass is 305 g/mol. The van der Waals surface area contributed by atoms with Gasteiger partial charge in [0, 0.05) is 30.0 Å². The van der Waals surface area contributed by atoms with E-state index >= 15 is 0 Å². The summed E-state index contributed by atoms with van der Waals surface area (Å²) < 4.78 is 41.8. The van der Waals surface area contributed by atoms with Gasteiger partial charge in [-0.15, -0.1) is 0 Å². The molecule has 0 unspecified atom stereocenters. The van der Waals surface area contributed by atoms with Gasteiger partial charge in [0.25, 0.3) is 0 Å². The first-order valence-corrected chi connectivity index (χ1v) is 7.97. The highest BCUT2D eigenvalue weighted by atomic mass is 32.1. The standard InChI is InChI=1S/C13H18F3N3S/c14-13(15,16)7-8-19(10-3-1-2-4-10)12-17-11(18-20-12)9-5-6-9/h9-10H,1-8H2. The van der Waals surface area contributed by atoms with E-state index in [1.165, 1.54) is 11.5 Å². The third-order valence-electron chi connectivity index (χ3n) is 4.02. The Labute approximate surface area is 120 Å². The number of hydrogen-bond acceptors (Lipinski definition) is 4. The van der Waals surface area contributed by atoms with Crippen LogP contribution in [0.3, 0.4) is 0 Å². The summed E-state index contributed by atoms with van der Waals surface area (Å²) in [4.78, 5) is 6.34. The maximum absolute atomic E-state index is 12.5. The van der Waals surface area contributed by atoms with Crippen molar-refractivity contribution in [1.29, 1.82) is 0 Å². The molecule has 3 nitrogen and oxygen atoms in total. The molecule has 112 valence electrons. The lowest BCUT2D eigenvalue weighted by Gasteiger charge is -2.28. The number of rotatable bonds is 5. The predicted molar refractivity (Wildman–Crippen MR) is 72.2 cm³/mol. The Kier molecular flexibility index (Phi) is 3.88. The van der Waals surface area contributed by atoms with Crippen molar-refractivity contribution >= 4 is 16.7 Å². The zero-order valence-electron chi connectivity index (χ0n) is 11.2. The molecule has 1 aromatic heterocycles. The summed E-state index contributed by atoms with van der Waals surface area (Å²) in [5.41, 5.74) is 0. The van der Waals surface area contributed by atoms with E-state index < -0.39 is 12.6 Å². The van der Waals surface area contributed by atoms with Crippen LogP contribution in [0.1, 0.15) is 56.7 Å². The van der Waals surface area contributed by atoms with Crippen LogP contribution in [0.25, 0.3) is 0 Å². The molecule has 2 aliphatic carbocycles. The molecule has 1 heterocycles. The number of anilines is 1. The summed E-state index contributed by atoms with van der Waals surface area (Å²) in [6.07, 6.45) is 1.47. The third-order valence-corrected chi connectivity index (χ3v) is 4.79. The summed E-state index contributed by atoms with van der Waals surface area (Å²) >= 11 is 1.26. The summed E-state index contributed by atoms with van der Waals surface area (Å²) in [6, 6.07) is 0.206. The fourth-order valence-electron chi connectivity index (χ4n) is 2.75. The molecular weight excluding hydrogens is 287 g/mol. The molecule has 7 heteroatoms. The summed E-state index contributed by atoms with van der Waals surface area (Å²) in [5.74, 6) is 1.29. The summed E-state index contributed by atoms with van der Waals surface area (Å²) in [7, 11) is 0. The zero-order chi connectivity index (χ0) is 14.2. The Morgan fingerprint density at radius 3 is 2.45 bits per heavy atom. The predicted octanol–water partition coefficient (Wildman–Crippen LogP) is 4.12. The molecule has 2 aliphatic rings. The van der Waals surface area contributed by atoms with Gasteiger partial charge in [0.15, 0.2) is 0 Å². The van der Waals surface area contributed by atoms with Crippen molar-refractivity contribution in [3.63, 3.8) is 0 Å². The lowest BCUT2D eigenvalue weighted by Crippen LogP contribution is -2.36. The van der Waals surface area contributed by atoms with Gasteiger partial charge in [0.05, 0.1) is 6.42 Å². The van der Waals surface area contributed by atoms with Gasteiger partial charge in [-0.3, -0.25) is 0 Å². The number of hydrogen-bond donors (Lipinski definition) is 0. The fraction of sp³-hybridized carbons (Fsp3) is 0.846. The number of nitrogens with zero attached hydrogens (tertiary/aromatic N) is 3. The first-order valence-electron chi connectivity index (χ1n) is 7.20. The second-order valence-corrected chi connectivity index (χ2v) is 6.44. The quantitative estimate of drug-likeness (QED) is 0.819. The number of aromatic nitrogens is 2. The van der Waals surface area contributed by atoms with Crippen LogP contribution in [0, 0.1) is 0 Å². The van der Waals surface area contributed by atoms with Crippen LogP contribution < -0.4 is 4.90 Å². The minimum atomic E-state index is -4.11. The number of halogens is 3. The topological polar surface area (TPSA) is 29.0 Å². The van der Waals surface area contributed by atoms with E-state index in [0.29, 0.717) is 11.0 Å². The van der Waals surface area contributed by atoms with Gasteiger partial charge in [0.1, 0.15) is 5.82 Å². The van der Waals surface area contributed by atoms with Crippen molar-refractivity contribution in [1.82, 2.24) is 9.36 Å². The fourth-order valence-corrected chi connectivity index (χ4v) is 3.59. The van der Waals surface area contributed by atoms with E-state index in [9.17, 15) is 13.2 Å². The second kappa shape index (κ2) is 5.50. The molecule has 20 heavy (non-hydrogen) atoms. The van der Waals surface area contributed by atoms with Gasteiger partial charge in [0.2, 0.25) is 5.13 Å². The molecule has 0 radical (unpaired) electrons. The minimum absolute atomic E-state index is 0.00741. The Hall–Kier alpha value is -0.850. The van der Waals surface area contributed by atoms with Gasteiger partial charge < -0.3 is 4.90 Å². The van der Waals surface area contributed by atoms with E-state index in [2.05, 4.69) is 9.36 Å². The van der Waals surface area contributed by atoms with Crippen LogP contribution in [0.5, 0.6) is 0 Å². The average molecular weight is 305 g/mol. The Morgan fingerprint density at radius 1 is 1.15 bits per heavy atom. The van der Waals surface area contributed by atoms with E-state index in [1.54, 1.807) is 0 Å². The van der Waals surface area contributed by atoms with Crippen molar-refractivity contribution in [2.75, 3.05) is 11.4 Å². The van der Waals surface area contributed by atoms with E-state index in [4.69, 9.17) is 0 Å². The van der Waals surface area contributed by atoms with Crippen molar-refractivity contribution in [2.24, 2.45) is 0 Å². The van der Waals surface area contributed by atoms with Crippen LogP contribution in [0.4, 0.5) is 18.3 Å². The molecule has 0 aromatic carbocycles. The van der Waals surface area contributed by atoms with Gasteiger partial charge in [-0.25, -0.2) is 4.98 Å². The van der Waals surface area contributed by atoms with E-state index in [0.717, 1.165) is 44.3 Å². The maximum atomic E-state index is 12.5. The lowest BCUT2D eigenvalue weighted by molar-refractivity contribution is -0.132. The molecule has 0 atom stereocenters. The summed E-state index contributed by atoms with van der Waals surface area (Å²) in [5, 5.41) is 0.683. The van der Waals surface area contributed by atoms with Gasteiger partial charge >= 0.3 is 6.18 Å². The normalized spacial score (nSPS) is 20.6. The molecule has 1 aromatic rings. The second-order valence-electron chi connectivity index (χ2n) is 5.71. The Morgan fingerprint density at radius 2 is 1.85 bits per heavy atom. The van der Waals surface area contributed by atoms with Crippen molar-refractivity contribution in [2.45, 2.75) is 63.1 Å². The molecule has 0 aliphatic heterocycles. The molecular formula is C13H18F3N3S. The molecule has 0 bridgehead atoms. The van der Waals surface area contributed by atoms with Crippen LogP contribution in [-0.2, 0) is 0 Å². The number of alkyl halides is 3. The molecule has 0 amide bonds. The Balaban J connectivity index is 1.72. The van der Waals surface area contributed by atoms with Crippen molar-refractivity contribution < 1.29 is 13.2 Å². The van der Waals surface area contributed by atoms with Crippen LogP contribution >= 0.6 is 11.5 Å². The largest absolute Gasteiger partial charge is 0.390 e. The first-order chi connectivity index (χ1) is 9.53. The van der Waals surface area contributed by atoms with Crippen molar-refractivity contribution in [3.05, 3.63) is 5.82 Å². The third kappa shape index (κ3) is 3.42. The maximum Gasteiger partial charge on any atom is 0.390 e. The molecule has 0 spiro atoms. The highest BCUT2D eigenvalue weighted by Crippen LogP contribution is 2.40. The molecule has 0 N–H and O–H groups in total.